The second kappa shape index (κ2) is 5.65. The molecule has 0 radical (unpaired) electrons. The minimum atomic E-state index is -1.39. The minimum Gasteiger partial charge on any atom is -0.370 e. The fourth-order valence-corrected chi connectivity index (χ4v) is 3.66. The van der Waals surface area contributed by atoms with Gasteiger partial charge in [0.2, 0.25) is 0 Å². The quantitative estimate of drug-likeness (QED) is 0.876. The second-order valence-electron chi connectivity index (χ2n) is 6.51. The largest absolute Gasteiger partial charge is 0.370 e. The average molecular weight is 340 g/mol. The number of hydrogen-bond donors (Lipinski definition) is 2. The van der Waals surface area contributed by atoms with E-state index in [-0.39, 0.29) is 12.2 Å². The summed E-state index contributed by atoms with van der Waals surface area (Å²) in [5.41, 5.74) is 8.17. The fourth-order valence-electron chi connectivity index (χ4n) is 3.66. The monoisotopic (exact) mass is 340 g/mol. The number of fused-ring (bicyclic) bond motifs is 1. The normalized spacial score (nSPS) is 30.7. The van der Waals surface area contributed by atoms with Crippen LogP contribution in [0.4, 0.5) is 13.2 Å². The lowest BCUT2D eigenvalue weighted by atomic mass is 9.91. The summed E-state index contributed by atoms with van der Waals surface area (Å²) in [5, 5.41) is 3.13. The molecule has 4 atom stereocenters. The maximum absolute atomic E-state index is 14.9. The highest BCUT2D eigenvalue weighted by Gasteiger charge is 2.44. The predicted molar refractivity (Wildman–Crippen MR) is 80.7 cm³/mol. The summed E-state index contributed by atoms with van der Waals surface area (Å²) in [4.78, 5) is 1.96. The molecule has 130 valence electrons. The van der Waals surface area contributed by atoms with Crippen LogP contribution >= 0.6 is 0 Å². The van der Waals surface area contributed by atoms with Gasteiger partial charge in [-0.25, -0.2) is 13.2 Å². The number of nitrogens with one attached hydrogen (secondary N) is 1. The highest BCUT2D eigenvalue weighted by Crippen LogP contribution is 2.35. The molecule has 1 aromatic heterocycles. The van der Waals surface area contributed by atoms with E-state index in [1.54, 1.807) is 0 Å². The summed E-state index contributed by atoms with van der Waals surface area (Å²) in [6, 6.07) is 1.48. The number of H-pyrrole nitrogens is 1. The van der Waals surface area contributed by atoms with Crippen molar-refractivity contribution in [3.05, 3.63) is 46.8 Å². The van der Waals surface area contributed by atoms with E-state index in [9.17, 15) is 13.2 Å². The van der Waals surface area contributed by atoms with Gasteiger partial charge >= 0.3 is 0 Å². The van der Waals surface area contributed by atoms with Gasteiger partial charge in [0.25, 0.3) is 0 Å². The first-order chi connectivity index (χ1) is 11.5. The summed E-state index contributed by atoms with van der Waals surface area (Å²) >= 11 is 0. The van der Waals surface area contributed by atoms with E-state index >= 15 is 0 Å². The molecule has 0 amide bonds. The topological polar surface area (TPSA) is 59.2 Å². The SMILES string of the molecule is Cn1[nH]c2c1CN([C@H]1CO[C@H](c3cc(F)ccc3F)[C@@H](N)[C@H]1F)C2. The lowest BCUT2D eigenvalue weighted by Crippen LogP contribution is -2.56. The van der Waals surface area contributed by atoms with Crippen LogP contribution in [0.3, 0.4) is 0 Å². The summed E-state index contributed by atoms with van der Waals surface area (Å²) in [7, 11) is 1.90. The van der Waals surface area contributed by atoms with Crippen LogP contribution in [-0.4, -0.2) is 39.5 Å². The van der Waals surface area contributed by atoms with Crippen LogP contribution in [0, 0.1) is 11.6 Å². The Kier molecular flexibility index (Phi) is 3.70. The first-order valence-electron chi connectivity index (χ1n) is 7.88. The predicted octanol–water partition coefficient (Wildman–Crippen LogP) is 1.75. The number of benzene rings is 1. The number of hydrogen-bond acceptors (Lipinski definition) is 3. The van der Waals surface area contributed by atoms with Crippen LogP contribution in [0.15, 0.2) is 18.2 Å². The molecule has 24 heavy (non-hydrogen) atoms. The molecule has 4 rings (SSSR count). The van der Waals surface area contributed by atoms with E-state index in [0.29, 0.717) is 13.1 Å². The lowest BCUT2D eigenvalue weighted by molar-refractivity contribution is -0.0930. The Bertz CT molecular complexity index is 759. The second-order valence-corrected chi connectivity index (χ2v) is 6.51. The molecule has 2 aromatic rings. The first kappa shape index (κ1) is 15.7. The van der Waals surface area contributed by atoms with Gasteiger partial charge in [-0.15, -0.1) is 0 Å². The molecule has 3 N–H and O–H groups in total. The van der Waals surface area contributed by atoms with Gasteiger partial charge in [0, 0.05) is 25.7 Å². The number of alkyl halides is 1. The third-order valence-electron chi connectivity index (χ3n) is 5.03. The van der Waals surface area contributed by atoms with Crippen LogP contribution in [-0.2, 0) is 24.9 Å². The van der Waals surface area contributed by atoms with Crippen molar-refractivity contribution in [3.8, 4) is 0 Å². The molecule has 5 nitrogen and oxygen atoms in total. The molecule has 2 aliphatic rings. The summed E-state index contributed by atoms with van der Waals surface area (Å²) in [6.45, 7) is 1.32. The zero-order chi connectivity index (χ0) is 17.0. The number of aromatic amines is 1. The van der Waals surface area contributed by atoms with Gasteiger partial charge in [-0.2, -0.15) is 0 Å². The number of nitrogens with zero attached hydrogens (tertiary/aromatic N) is 2. The number of ether oxygens (including phenoxy) is 1. The maximum Gasteiger partial charge on any atom is 0.136 e. The van der Waals surface area contributed by atoms with Crippen molar-refractivity contribution in [2.24, 2.45) is 12.8 Å². The van der Waals surface area contributed by atoms with E-state index in [1.807, 2.05) is 16.6 Å². The maximum atomic E-state index is 14.9. The summed E-state index contributed by atoms with van der Waals surface area (Å²) in [5.74, 6) is -1.24. The Balaban J connectivity index is 1.51. The van der Waals surface area contributed by atoms with Crippen molar-refractivity contribution >= 4 is 0 Å². The summed E-state index contributed by atoms with van der Waals surface area (Å²) in [6.07, 6.45) is -2.39. The highest BCUT2D eigenvalue weighted by atomic mass is 19.1. The van der Waals surface area contributed by atoms with Crippen molar-refractivity contribution in [3.63, 3.8) is 0 Å². The van der Waals surface area contributed by atoms with E-state index in [4.69, 9.17) is 10.5 Å². The molecule has 3 heterocycles. The van der Waals surface area contributed by atoms with Gasteiger partial charge in [-0.1, -0.05) is 0 Å². The Hall–Kier alpha value is -1.77. The van der Waals surface area contributed by atoms with Crippen molar-refractivity contribution in [1.29, 1.82) is 0 Å². The van der Waals surface area contributed by atoms with Crippen molar-refractivity contribution < 1.29 is 17.9 Å². The number of halogens is 3. The van der Waals surface area contributed by atoms with Gasteiger partial charge in [0.05, 0.1) is 30.1 Å². The minimum absolute atomic E-state index is 0.0322. The molecule has 0 bridgehead atoms. The molecule has 1 fully saturated rings. The molecule has 1 saturated heterocycles. The molecule has 0 saturated carbocycles. The molecule has 1 aromatic carbocycles. The number of aromatic nitrogens is 2. The Labute approximate surface area is 137 Å². The van der Waals surface area contributed by atoms with Crippen LogP contribution in [0.1, 0.15) is 23.1 Å². The number of nitrogens with two attached hydrogens (primary N) is 1. The third kappa shape index (κ3) is 2.37. The van der Waals surface area contributed by atoms with Gasteiger partial charge in [0.1, 0.15) is 23.9 Å². The van der Waals surface area contributed by atoms with Crippen LogP contribution < -0.4 is 5.73 Å². The van der Waals surface area contributed by atoms with Gasteiger partial charge in [-0.3, -0.25) is 14.7 Å². The van der Waals surface area contributed by atoms with Gasteiger partial charge < -0.3 is 10.5 Å². The molecular weight excluding hydrogens is 321 g/mol. The third-order valence-corrected chi connectivity index (χ3v) is 5.03. The molecule has 0 aliphatic carbocycles. The molecule has 8 heteroatoms. The number of rotatable bonds is 2. The van der Waals surface area contributed by atoms with Crippen LogP contribution in [0.25, 0.3) is 0 Å². The zero-order valence-electron chi connectivity index (χ0n) is 13.2. The lowest BCUT2D eigenvalue weighted by Gasteiger charge is -2.41. The van der Waals surface area contributed by atoms with Crippen molar-refractivity contribution in [2.75, 3.05) is 6.61 Å². The Morgan fingerprint density at radius 1 is 1.29 bits per heavy atom. The van der Waals surface area contributed by atoms with Gasteiger partial charge in [0.15, 0.2) is 0 Å². The molecular formula is C16H19F3N4O. The summed E-state index contributed by atoms with van der Waals surface area (Å²) < 4.78 is 49.8. The standard InChI is InChI=1S/C16H19F3N4O/c1-22-12-6-23(5-11(12)21-22)13-7-24-16(15(20)14(13)19)9-4-8(17)2-3-10(9)18/h2-4,13-16,21H,5-7,20H2,1H3/t13-,14-,15-,16+/m0/s1. The van der Waals surface area contributed by atoms with E-state index in [1.165, 1.54) is 0 Å². The molecule has 0 spiro atoms. The van der Waals surface area contributed by atoms with Crippen molar-refractivity contribution in [1.82, 2.24) is 14.7 Å². The van der Waals surface area contributed by atoms with Crippen LogP contribution in [0.2, 0.25) is 0 Å². The van der Waals surface area contributed by atoms with Crippen LogP contribution in [0.5, 0.6) is 0 Å². The number of aryl methyl sites for hydroxylation is 1. The van der Waals surface area contributed by atoms with Crippen molar-refractivity contribution in [2.45, 2.75) is 37.4 Å². The van der Waals surface area contributed by atoms with Gasteiger partial charge in [-0.05, 0) is 18.2 Å². The average Bonchev–Trinajstić information content (AvgIpc) is 2.89. The van der Waals surface area contributed by atoms with E-state index in [2.05, 4.69) is 5.10 Å². The zero-order valence-corrected chi connectivity index (χ0v) is 13.2. The Morgan fingerprint density at radius 2 is 2.08 bits per heavy atom. The molecule has 2 aliphatic heterocycles. The first-order valence-corrected chi connectivity index (χ1v) is 7.88. The molecule has 0 unspecified atom stereocenters. The smallest absolute Gasteiger partial charge is 0.136 e. The van der Waals surface area contributed by atoms with E-state index in [0.717, 1.165) is 29.6 Å². The Morgan fingerprint density at radius 3 is 2.79 bits per heavy atom. The fraction of sp³-hybridized carbons (Fsp3) is 0.500. The highest BCUT2D eigenvalue weighted by molar-refractivity contribution is 5.25. The van der Waals surface area contributed by atoms with E-state index < -0.39 is 36.0 Å².